The number of nitrogens with zero attached hydrogens (tertiary/aromatic N) is 5. The molecule has 0 aliphatic carbocycles. The van der Waals surface area contributed by atoms with E-state index in [4.69, 9.17) is 25.8 Å². The number of nitrogens with one attached hydrogen (secondary N) is 1. The lowest BCUT2D eigenvalue weighted by Crippen LogP contribution is -2.51. The van der Waals surface area contributed by atoms with E-state index in [1.54, 1.807) is 35.9 Å². The molecule has 60 heavy (non-hydrogen) atoms. The molecule has 4 aliphatic rings. The highest BCUT2D eigenvalue weighted by atomic mass is 35.5. The molecule has 14 nitrogen and oxygen atoms in total. The monoisotopic (exact) mass is 852 g/mol. The first-order valence-corrected chi connectivity index (χ1v) is 22.3. The number of aromatic hydroxyl groups is 1. The van der Waals surface area contributed by atoms with Crippen LogP contribution in [0.4, 0.5) is 15.3 Å². The van der Waals surface area contributed by atoms with Crippen LogP contribution in [-0.2, 0) is 36.6 Å². The zero-order valence-electron chi connectivity index (χ0n) is 35.7. The molecule has 330 valence electrons. The summed E-state index contributed by atoms with van der Waals surface area (Å²) >= 11 is 6.32. The highest BCUT2D eigenvalue weighted by Gasteiger charge is 2.35. The predicted octanol–water partition coefficient (Wildman–Crippen LogP) is 5.81. The van der Waals surface area contributed by atoms with Gasteiger partial charge in [-0.1, -0.05) is 42.8 Å². The number of morpholine rings is 1. The molecule has 4 heterocycles. The van der Waals surface area contributed by atoms with E-state index < -0.39 is 12.2 Å². The minimum absolute atomic E-state index is 0.0183. The number of para-hydroxylation sites is 1. The van der Waals surface area contributed by atoms with E-state index in [1.807, 2.05) is 29.2 Å². The Morgan fingerprint density at radius 1 is 0.983 bits per heavy atom. The molecule has 4 aliphatic heterocycles. The number of carbonyl (C=O) groups excluding carboxylic acids is 4. The Labute approximate surface area is 360 Å². The van der Waals surface area contributed by atoms with Gasteiger partial charge in [-0.15, -0.1) is 0 Å². The lowest BCUT2D eigenvalue weighted by molar-refractivity contribution is -0.144. The second-order valence-corrected chi connectivity index (χ2v) is 17.5. The van der Waals surface area contributed by atoms with Crippen LogP contribution in [0.2, 0.25) is 5.02 Å². The van der Waals surface area contributed by atoms with Gasteiger partial charge in [0.2, 0.25) is 0 Å². The first-order valence-electron chi connectivity index (χ1n) is 22.0. The number of esters is 1. The van der Waals surface area contributed by atoms with Crippen molar-refractivity contribution in [2.45, 2.75) is 83.8 Å². The topological polar surface area (TPSA) is 144 Å². The number of carbonyl (C=O) groups is 4. The van der Waals surface area contributed by atoms with Crippen molar-refractivity contribution in [3.63, 3.8) is 0 Å². The van der Waals surface area contributed by atoms with Gasteiger partial charge in [-0.05, 0) is 106 Å². The molecular formula is C45H65ClN6O8. The van der Waals surface area contributed by atoms with Crippen LogP contribution in [0.3, 0.4) is 0 Å². The molecule has 0 spiro atoms. The van der Waals surface area contributed by atoms with Gasteiger partial charge in [0.05, 0.1) is 31.3 Å². The number of hydrogen-bond donors (Lipinski definition) is 2. The molecule has 15 heteroatoms. The summed E-state index contributed by atoms with van der Waals surface area (Å²) in [6.45, 7) is 13.2. The van der Waals surface area contributed by atoms with Crippen LogP contribution < -0.4 is 5.32 Å². The van der Waals surface area contributed by atoms with Crippen molar-refractivity contribution in [1.82, 2.24) is 24.5 Å². The van der Waals surface area contributed by atoms with Crippen molar-refractivity contribution >= 4 is 41.3 Å². The number of aryl methyl sites for hydroxylation is 1. The number of halogens is 1. The number of urea groups is 1. The van der Waals surface area contributed by atoms with Crippen LogP contribution in [0.25, 0.3) is 0 Å². The molecule has 0 saturated carbocycles. The Kier molecular flexibility index (Phi) is 16.7. The van der Waals surface area contributed by atoms with Gasteiger partial charge in [0.15, 0.2) is 6.10 Å². The van der Waals surface area contributed by atoms with Gasteiger partial charge in [-0.2, -0.15) is 0 Å². The van der Waals surface area contributed by atoms with Gasteiger partial charge in [-0.3, -0.25) is 14.5 Å². The first kappa shape index (κ1) is 45.4. The SMILES string of the molecule is Cc1cc(C[C@@H](OC(=O)N2CCC(N3CCc4ccccc4NC3=O)CC2)C(=O)N(C)CCC(C)C2CCN(CCC(=O)OCCCN3CCOCC3)CC2)cc(Cl)c1O. The summed E-state index contributed by atoms with van der Waals surface area (Å²) in [5.41, 5.74) is 3.19. The number of hydrogen-bond acceptors (Lipinski definition) is 10. The number of likely N-dealkylation sites (tertiary alicyclic amines) is 2. The second kappa shape index (κ2) is 22.1. The molecule has 0 aromatic heterocycles. The Hall–Kier alpha value is -4.11. The Balaban J connectivity index is 0.951. The summed E-state index contributed by atoms with van der Waals surface area (Å²) in [6.07, 6.45) is 4.51. The van der Waals surface area contributed by atoms with Crippen LogP contribution in [0.1, 0.15) is 68.6 Å². The normalized spacial score (nSPS) is 19.5. The molecule has 0 radical (unpaired) electrons. The summed E-state index contributed by atoms with van der Waals surface area (Å²) in [5, 5.41) is 13.5. The van der Waals surface area contributed by atoms with Gasteiger partial charge in [-0.25, -0.2) is 9.59 Å². The summed E-state index contributed by atoms with van der Waals surface area (Å²) in [4.78, 5) is 63.2. The predicted molar refractivity (Wildman–Crippen MR) is 230 cm³/mol. The fourth-order valence-electron chi connectivity index (χ4n) is 8.97. The van der Waals surface area contributed by atoms with E-state index in [0.29, 0.717) is 81.6 Å². The number of phenols is 1. The summed E-state index contributed by atoms with van der Waals surface area (Å²) in [5.74, 6) is 0.431. The molecule has 1 unspecified atom stereocenters. The number of likely N-dealkylation sites (N-methyl/N-ethyl adjacent to an activating group) is 1. The molecule has 2 aromatic rings. The van der Waals surface area contributed by atoms with Crippen LogP contribution in [-0.4, -0.2) is 158 Å². The van der Waals surface area contributed by atoms with E-state index >= 15 is 0 Å². The van der Waals surface area contributed by atoms with E-state index in [1.165, 1.54) is 0 Å². The van der Waals surface area contributed by atoms with Crippen molar-refractivity contribution in [1.29, 1.82) is 0 Å². The van der Waals surface area contributed by atoms with E-state index in [9.17, 15) is 24.3 Å². The molecule has 3 saturated heterocycles. The molecular weight excluding hydrogens is 788 g/mol. The van der Waals surface area contributed by atoms with Gasteiger partial charge < -0.3 is 44.2 Å². The van der Waals surface area contributed by atoms with Crippen molar-refractivity contribution in [2.75, 3.05) is 97.6 Å². The van der Waals surface area contributed by atoms with E-state index in [2.05, 4.69) is 22.0 Å². The molecule has 0 bridgehead atoms. The Bertz CT molecular complexity index is 1740. The highest BCUT2D eigenvalue weighted by molar-refractivity contribution is 6.32. The number of benzene rings is 2. The minimum Gasteiger partial charge on any atom is -0.506 e. The van der Waals surface area contributed by atoms with Crippen molar-refractivity contribution in [3.8, 4) is 5.75 Å². The average molecular weight is 854 g/mol. The lowest BCUT2D eigenvalue weighted by atomic mass is 9.83. The van der Waals surface area contributed by atoms with Crippen LogP contribution >= 0.6 is 11.6 Å². The number of rotatable bonds is 16. The largest absolute Gasteiger partial charge is 0.506 e. The molecule has 4 amide bonds. The number of fused-ring (bicyclic) bond motifs is 1. The maximum Gasteiger partial charge on any atom is 0.410 e. The highest BCUT2D eigenvalue weighted by Crippen LogP contribution is 2.31. The molecule has 2 aromatic carbocycles. The third kappa shape index (κ3) is 12.7. The van der Waals surface area contributed by atoms with Gasteiger partial charge in [0, 0.05) is 77.6 Å². The standard InChI is InChI=1S/C45H65ClN6O8/c1-32(35-10-18-50(19-11-35)20-15-41(53)59-26-6-16-49-24-27-58-28-25-49)9-17-48(3)43(55)40(31-34-29-33(2)42(54)38(46)30-34)60-45(57)51-21-13-37(14-22-51)52-23-12-36-7-4-5-8-39(36)47-44(52)56/h4-5,7-8,29-30,32,35,37,40,54H,6,9-28,31H2,1-3H3,(H,47,56)/t32?,40-/m1/s1. The number of phenolic OH excluding ortho intramolecular Hbond substituents is 1. The molecule has 6 rings (SSSR count). The number of piperidine rings is 2. The quantitative estimate of drug-likeness (QED) is 0.157. The minimum atomic E-state index is -1.09. The maximum atomic E-state index is 14.1. The van der Waals surface area contributed by atoms with E-state index in [0.717, 1.165) is 89.3 Å². The van der Waals surface area contributed by atoms with Crippen LogP contribution in [0, 0.1) is 18.8 Å². The number of amides is 4. The fourth-order valence-corrected chi connectivity index (χ4v) is 9.26. The third-order valence-electron chi connectivity index (χ3n) is 12.9. The van der Waals surface area contributed by atoms with E-state index in [-0.39, 0.29) is 41.1 Å². The van der Waals surface area contributed by atoms with Gasteiger partial charge in [0.1, 0.15) is 5.75 Å². The van der Waals surface area contributed by atoms with Gasteiger partial charge >= 0.3 is 18.1 Å². The third-order valence-corrected chi connectivity index (χ3v) is 13.2. The molecule has 2 atom stereocenters. The summed E-state index contributed by atoms with van der Waals surface area (Å²) in [7, 11) is 1.76. The van der Waals surface area contributed by atoms with Crippen LogP contribution in [0.5, 0.6) is 5.75 Å². The lowest BCUT2D eigenvalue weighted by Gasteiger charge is -2.38. The Morgan fingerprint density at radius 3 is 2.43 bits per heavy atom. The van der Waals surface area contributed by atoms with Crippen molar-refractivity contribution < 1.29 is 38.5 Å². The maximum absolute atomic E-state index is 14.1. The molecule has 3 fully saturated rings. The van der Waals surface area contributed by atoms with Crippen molar-refractivity contribution in [2.24, 2.45) is 11.8 Å². The first-order chi connectivity index (χ1) is 28.9. The Morgan fingerprint density at radius 2 is 1.70 bits per heavy atom. The summed E-state index contributed by atoms with van der Waals surface area (Å²) in [6, 6.07) is 11.1. The fraction of sp³-hybridized carbons (Fsp3) is 0.644. The zero-order valence-corrected chi connectivity index (χ0v) is 36.5. The van der Waals surface area contributed by atoms with Gasteiger partial charge in [0.25, 0.3) is 5.91 Å². The second-order valence-electron chi connectivity index (χ2n) is 17.1. The molecule has 2 N–H and O–H groups in total. The summed E-state index contributed by atoms with van der Waals surface area (Å²) < 4.78 is 16.9. The number of anilines is 1. The smallest absolute Gasteiger partial charge is 0.410 e. The number of ether oxygens (including phenoxy) is 3. The van der Waals surface area contributed by atoms with Crippen molar-refractivity contribution in [3.05, 3.63) is 58.1 Å². The van der Waals surface area contributed by atoms with Crippen LogP contribution in [0.15, 0.2) is 36.4 Å². The zero-order chi connectivity index (χ0) is 42.6. The average Bonchev–Trinajstić information content (AvgIpc) is 3.43.